The van der Waals surface area contributed by atoms with Crippen LogP contribution in [0.2, 0.25) is 0 Å². The Morgan fingerprint density at radius 1 is 1.43 bits per heavy atom. The molecule has 0 aliphatic heterocycles. The molecule has 116 valence electrons. The minimum atomic E-state index is -0.975. The van der Waals surface area contributed by atoms with Gasteiger partial charge in [-0.15, -0.1) is 11.3 Å². The fourth-order valence-corrected chi connectivity index (χ4v) is 3.53. The van der Waals surface area contributed by atoms with Crippen molar-refractivity contribution in [1.82, 2.24) is 15.6 Å². The van der Waals surface area contributed by atoms with Gasteiger partial charge in [0.15, 0.2) is 0 Å². The number of nitrogens with one attached hydrogen (secondary N) is 2. The quantitative estimate of drug-likeness (QED) is 0.797. The number of amides is 2. The molecule has 0 bridgehead atoms. The molecular weight excluding hydrogens is 290 g/mol. The van der Waals surface area contributed by atoms with E-state index in [1.54, 1.807) is 6.92 Å². The molecule has 6 nitrogen and oxygen atoms in total. The van der Waals surface area contributed by atoms with Crippen molar-refractivity contribution in [3.8, 4) is 0 Å². The highest BCUT2D eigenvalue weighted by Crippen LogP contribution is 2.23. The summed E-state index contributed by atoms with van der Waals surface area (Å²) in [5, 5.41) is 15.3. The van der Waals surface area contributed by atoms with Gasteiger partial charge in [0.05, 0.1) is 12.2 Å². The van der Waals surface area contributed by atoms with Crippen molar-refractivity contribution in [2.24, 2.45) is 5.92 Å². The number of thiazole rings is 1. The van der Waals surface area contributed by atoms with Gasteiger partial charge >= 0.3 is 12.0 Å². The van der Waals surface area contributed by atoms with Gasteiger partial charge in [-0.1, -0.05) is 19.8 Å². The second-order valence-electron chi connectivity index (χ2n) is 5.62. The van der Waals surface area contributed by atoms with Crippen molar-refractivity contribution in [3.05, 3.63) is 15.6 Å². The average molecular weight is 311 g/mol. The Morgan fingerprint density at radius 3 is 2.81 bits per heavy atom. The molecule has 2 unspecified atom stereocenters. The maximum Gasteiger partial charge on any atom is 0.347 e. The summed E-state index contributed by atoms with van der Waals surface area (Å²) in [5.74, 6) is -0.319. The number of aryl methyl sites for hydroxylation is 1. The summed E-state index contributed by atoms with van der Waals surface area (Å²) in [5.41, 5.74) is 0.491. The maximum absolute atomic E-state index is 11.9. The Morgan fingerprint density at radius 2 is 2.19 bits per heavy atom. The van der Waals surface area contributed by atoms with E-state index < -0.39 is 5.97 Å². The predicted molar refractivity (Wildman–Crippen MR) is 80.6 cm³/mol. The number of carbonyl (C=O) groups excluding carboxylic acids is 1. The Labute approximate surface area is 128 Å². The summed E-state index contributed by atoms with van der Waals surface area (Å²) in [6.07, 6.45) is 4.43. The summed E-state index contributed by atoms with van der Waals surface area (Å²) < 4.78 is 0. The van der Waals surface area contributed by atoms with Gasteiger partial charge in [-0.25, -0.2) is 14.6 Å². The molecule has 0 saturated heterocycles. The SMILES string of the molecule is Cc1nc(CNC(=O)NC2CCCC(C)C2)sc1C(=O)O. The highest BCUT2D eigenvalue weighted by molar-refractivity contribution is 7.13. The van der Waals surface area contributed by atoms with Gasteiger partial charge in [-0.3, -0.25) is 0 Å². The molecule has 1 aliphatic carbocycles. The number of hydrogen-bond acceptors (Lipinski definition) is 4. The lowest BCUT2D eigenvalue weighted by molar-refractivity contribution is 0.0701. The van der Waals surface area contributed by atoms with Crippen LogP contribution in [0.4, 0.5) is 4.79 Å². The molecule has 1 aromatic rings. The molecule has 3 N–H and O–H groups in total. The van der Waals surface area contributed by atoms with Crippen LogP contribution < -0.4 is 10.6 Å². The van der Waals surface area contributed by atoms with Crippen LogP contribution in [0.1, 0.15) is 53.0 Å². The van der Waals surface area contributed by atoms with Crippen LogP contribution in [0.15, 0.2) is 0 Å². The first-order valence-corrected chi connectivity index (χ1v) is 8.01. The number of urea groups is 1. The number of carbonyl (C=O) groups is 2. The molecular formula is C14H21N3O3S. The number of hydrogen-bond donors (Lipinski definition) is 3. The molecule has 2 rings (SSSR count). The molecule has 0 radical (unpaired) electrons. The number of aromatic nitrogens is 1. The van der Waals surface area contributed by atoms with Crippen molar-refractivity contribution in [1.29, 1.82) is 0 Å². The molecule has 21 heavy (non-hydrogen) atoms. The Bertz CT molecular complexity index is 530. The molecule has 0 aromatic carbocycles. The van der Waals surface area contributed by atoms with Gasteiger partial charge in [-0.2, -0.15) is 0 Å². The highest BCUT2D eigenvalue weighted by Gasteiger charge is 2.20. The molecule has 2 atom stereocenters. The first-order valence-electron chi connectivity index (χ1n) is 7.19. The van der Waals surface area contributed by atoms with E-state index in [9.17, 15) is 9.59 Å². The average Bonchev–Trinajstić information content (AvgIpc) is 2.78. The lowest BCUT2D eigenvalue weighted by atomic mass is 9.87. The number of carboxylic acids is 1. The third-order valence-corrected chi connectivity index (χ3v) is 4.85. The lowest BCUT2D eigenvalue weighted by Crippen LogP contribution is -2.43. The van der Waals surface area contributed by atoms with Crippen molar-refractivity contribution >= 4 is 23.3 Å². The Kier molecular flexibility index (Phi) is 5.17. The topological polar surface area (TPSA) is 91.3 Å². The van der Waals surface area contributed by atoms with Crippen LogP contribution in [0.5, 0.6) is 0 Å². The zero-order valence-corrected chi connectivity index (χ0v) is 13.1. The van der Waals surface area contributed by atoms with E-state index in [-0.39, 0.29) is 23.5 Å². The largest absolute Gasteiger partial charge is 0.477 e. The number of rotatable bonds is 4. The molecule has 7 heteroatoms. The summed E-state index contributed by atoms with van der Waals surface area (Å²) in [4.78, 5) is 27.2. The maximum atomic E-state index is 11.9. The molecule has 0 spiro atoms. The van der Waals surface area contributed by atoms with Crippen LogP contribution >= 0.6 is 11.3 Å². The fraction of sp³-hybridized carbons (Fsp3) is 0.643. The second kappa shape index (κ2) is 6.89. The van der Waals surface area contributed by atoms with Crippen LogP contribution in [0, 0.1) is 12.8 Å². The van der Waals surface area contributed by atoms with Gasteiger partial charge in [0.2, 0.25) is 0 Å². The number of carboxylic acid groups (broad SMARTS) is 1. The fourth-order valence-electron chi connectivity index (χ4n) is 2.68. The molecule has 1 saturated carbocycles. The van der Waals surface area contributed by atoms with E-state index in [1.165, 1.54) is 6.42 Å². The van der Waals surface area contributed by atoms with Crippen molar-refractivity contribution < 1.29 is 14.7 Å². The highest BCUT2D eigenvalue weighted by atomic mass is 32.1. The van der Waals surface area contributed by atoms with Gasteiger partial charge in [0.25, 0.3) is 0 Å². The van der Waals surface area contributed by atoms with Crippen LogP contribution in [0.25, 0.3) is 0 Å². The molecule has 1 fully saturated rings. The normalized spacial score (nSPS) is 21.8. The summed E-state index contributed by atoms with van der Waals surface area (Å²) >= 11 is 1.10. The molecule has 2 amide bonds. The van der Waals surface area contributed by atoms with Gasteiger partial charge < -0.3 is 15.7 Å². The third-order valence-electron chi connectivity index (χ3n) is 3.71. The van der Waals surface area contributed by atoms with Crippen LogP contribution in [0.3, 0.4) is 0 Å². The van der Waals surface area contributed by atoms with E-state index >= 15 is 0 Å². The van der Waals surface area contributed by atoms with Gasteiger partial charge in [0.1, 0.15) is 9.88 Å². The van der Waals surface area contributed by atoms with E-state index in [4.69, 9.17) is 5.11 Å². The van der Waals surface area contributed by atoms with Crippen LogP contribution in [-0.2, 0) is 6.54 Å². The first-order chi connectivity index (χ1) is 9.95. The predicted octanol–water partition coefficient (Wildman–Crippen LogP) is 2.53. The smallest absolute Gasteiger partial charge is 0.347 e. The van der Waals surface area contributed by atoms with E-state index in [2.05, 4.69) is 22.5 Å². The summed E-state index contributed by atoms with van der Waals surface area (Å²) in [6.45, 7) is 4.12. The van der Waals surface area contributed by atoms with Crippen molar-refractivity contribution in [2.75, 3.05) is 0 Å². The Balaban J connectivity index is 1.81. The first kappa shape index (κ1) is 15.8. The monoisotopic (exact) mass is 311 g/mol. The van der Waals surface area contributed by atoms with Gasteiger partial charge in [-0.05, 0) is 25.7 Å². The van der Waals surface area contributed by atoms with Gasteiger partial charge in [0, 0.05) is 6.04 Å². The second-order valence-corrected chi connectivity index (χ2v) is 6.71. The molecule has 1 aromatic heterocycles. The number of nitrogens with zero attached hydrogens (tertiary/aromatic N) is 1. The standard InChI is InChI=1S/C14H21N3O3S/c1-8-4-3-5-10(6-8)17-14(20)15-7-11-16-9(2)12(21-11)13(18)19/h8,10H,3-7H2,1-2H3,(H,18,19)(H2,15,17,20). The van der Waals surface area contributed by atoms with E-state index in [1.807, 2.05) is 0 Å². The molecule has 1 aliphatic rings. The third kappa shape index (κ3) is 4.42. The van der Waals surface area contributed by atoms with Crippen molar-refractivity contribution in [3.63, 3.8) is 0 Å². The Hall–Kier alpha value is -1.63. The summed E-state index contributed by atoms with van der Waals surface area (Å²) in [6, 6.07) is 0.0280. The zero-order chi connectivity index (χ0) is 15.4. The lowest BCUT2D eigenvalue weighted by Gasteiger charge is -2.27. The summed E-state index contributed by atoms with van der Waals surface area (Å²) in [7, 11) is 0. The van der Waals surface area contributed by atoms with E-state index in [0.717, 1.165) is 30.6 Å². The van der Waals surface area contributed by atoms with Crippen molar-refractivity contribution in [2.45, 2.75) is 52.1 Å². The number of aromatic carboxylic acids is 1. The molecule has 1 heterocycles. The van der Waals surface area contributed by atoms with E-state index in [0.29, 0.717) is 16.6 Å². The minimum absolute atomic E-state index is 0.209. The van der Waals surface area contributed by atoms with Crippen LogP contribution in [-0.4, -0.2) is 28.1 Å². The zero-order valence-electron chi connectivity index (χ0n) is 12.3. The minimum Gasteiger partial charge on any atom is -0.477 e.